The summed E-state index contributed by atoms with van der Waals surface area (Å²) in [4.78, 5) is 5.48. The summed E-state index contributed by atoms with van der Waals surface area (Å²) >= 11 is 1.99. The van der Waals surface area contributed by atoms with Crippen LogP contribution >= 0.6 is 11.3 Å². The number of para-hydroxylation sites is 2. The van der Waals surface area contributed by atoms with Crippen molar-refractivity contribution in [3.63, 3.8) is 0 Å². The van der Waals surface area contributed by atoms with Crippen molar-refractivity contribution in [2.24, 2.45) is 0 Å². The fourth-order valence-electron chi connectivity index (χ4n) is 15.0. The van der Waals surface area contributed by atoms with Gasteiger partial charge < -0.3 is 9.71 Å². The van der Waals surface area contributed by atoms with Crippen LogP contribution in [0.4, 0.5) is 28.4 Å². The van der Waals surface area contributed by atoms with Gasteiger partial charge in [-0.3, -0.25) is 0 Å². The number of nitrogens with zero attached hydrogens (tertiary/aromatic N) is 2. The summed E-state index contributed by atoms with van der Waals surface area (Å²) in [6.07, 6.45) is 4.74. The molecule has 2 aliphatic carbocycles. The van der Waals surface area contributed by atoms with Crippen molar-refractivity contribution in [3.8, 4) is 22.3 Å². The van der Waals surface area contributed by atoms with Crippen molar-refractivity contribution in [2.75, 3.05) is 9.71 Å². The Morgan fingerprint density at radius 1 is 0.400 bits per heavy atom. The van der Waals surface area contributed by atoms with E-state index in [2.05, 4.69) is 253 Å². The highest BCUT2D eigenvalue weighted by Gasteiger charge is 2.53. The molecular formula is C71H63BN2S. The van der Waals surface area contributed by atoms with Gasteiger partial charge in [0.05, 0.1) is 11.1 Å². The molecular weight excluding hydrogens is 924 g/mol. The quantitative estimate of drug-likeness (QED) is 0.162. The first-order valence-corrected chi connectivity index (χ1v) is 28.3. The second kappa shape index (κ2) is 15.5. The van der Waals surface area contributed by atoms with Crippen LogP contribution in [0.2, 0.25) is 0 Å². The molecule has 0 radical (unpaired) electrons. The van der Waals surface area contributed by atoms with Gasteiger partial charge in [-0.05, 0) is 174 Å². The Bertz CT molecular complexity index is 3990. The standard InChI is InChI=1S/C71H63BN2S/c1-67(2)33-34-68(3,4)56-39-48(31-32-53(56)67)74-61-43-64-50(51-41-57-58(42-63(51)75-64)70(7,8)36-35-69(57,5)6)40-49(61)52-37-45(44-21-12-9-13-22-44)38-62-65(52)72(74)59-29-20-28-55-66(59)73(62)60-30-19-18-27-54(60)71(55,46-23-14-10-15-24-46)47-25-16-11-17-26-47/h9-32,37-43H,33-36H2,1-8H3. The fraction of sp³-hybridized carbons (Fsp3) is 0.239. The molecule has 366 valence electrons. The van der Waals surface area contributed by atoms with Gasteiger partial charge in [-0.2, -0.15) is 0 Å². The van der Waals surface area contributed by atoms with E-state index in [1.54, 1.807) is 0 Å². The average molecular weight is 987 g/mol. The van der Waals surface area contributed by atoms with Gasteiger partial charge in [0.2, 0.25) is 0 Å². The van der Waals surface area contributed by atoms with Gasteiger partial charge in [-0.25, -0.2) is 0 Å². The lowest BCUT2D eigenvalue weighted by Gasteiger charge is -2.52. The van der Waals surface area contributed by atoms with E-state index in [1.807, 2.05) is 11.3 Å². The number of hydrogen-bond acceptors (Lipinski definition) is 3. The van der Waals surface area contributed by atoms with Crippen LogP contribution in [0.5, 0.6) is 0 Å². The van der Waals surface area contributed by atoms with Crippen molar-refractivity contribution < 1.29 is 0 Å². The maximum Gasteiger partial charge on any atom is 0.333 e. The van der Waals surface area contributed by atoms with E-state index in [4.69, 9.17) is 0 Å². The summed E-state index contributed by atoms with van der Waals surface area (Å²) in [6, 6.07) is 73.5. The van der Waals surface area contributed by atoms with Gasteiger partial charge in [0.1, 0.15) is 0 Å². The number of fused-ring (bicyclic) bond motifs is 11. The molecule has 15 rings (SSSR count). The SMILES string of the molecule is CC1(C)CCC(C)(C)c2cc(N3B4c5cccc6c5N(c5ccccc5C6(c5ccccc5)c5ccccc5)c5cc(-c6ccccc6)cc(c54)-c4cc5c(cc43)sc3cc4c(cc35)C(C)(C)CCC4(C)C)ccc21. The van der Waals surface area contributed by atoms with Crippen LogP contribution in [0.1, 0.15) is 126 Å². The van der Waals surface area contributed by atoms with E-state index in [0.717, 1.165) is 6.42 Å². The molecule has 0 saturated carbocycles. The first-order valence-electron chi connectivity index (χ1n) is 27.5. The van der Waals surface area contributed by atoms with Gasteiger partial charge in [0.15, 0.2) is 0 Å². The number of anilines is 5. The number of rotatable bonds is 4. The zero-order valence-corrected chi connectivity index (χ0v) is 45.4. The molecule has 0 amide bonds. The van der Waals surface area contributed by atoms with E-state index in [0.29, 0.717) is 0 Å². The van der Waals surface area contributed by atoms with Gasteiger partial charge in [-0.1, -0.05) is 189 Å². The van der Waals surface area contributed by atoms with Crippen LogP contribution in [0.25, 0.3) is 42.4 Å². The normalized spacial score (nSPS) is 18.4. The van der Waals surface area contributed by atoms with Crippen LogP contribution in [-0.2, 0) is 27.1 Å². The molecule has 5 aliphatic rings. The minimum absolute atomic E-state index is 0.0349. The second-order valence-corrected chi connectivity index (χ2v) is 26.4. The maximum atomic E-state index is 2.79. The Hall–Kier alpha value is -7.14. The third kappa shape index (κ3) is 6.21. The number of benzene rings is 9. The Morgan fingerprint density at radius 2 is 0.960 bits per heavy atom. The van der Waals surface area contributed by atoms with E-state index >= 15 is 0 Å². The predicted octanol–water partition coefficient (Wildman–Crippen LogP) is 17.8. The van der Waals surface area contributed by atoms with E-state index in [9.17, 15) is 0 Å². The molecule has 10 aromatic rings. The molecule has 0 saturated heterocycles. The van der Waals surface area contributed by atoms with Crippen LogP contribution in [0, 0.1) is 0 Å². The van der Waals surface area contributed by atoms with Gasteiger partial charge in [-0.15, -0.1) is 11.3 Å². The lowest BCUT2D eigenvalue weighted by molar-refractivity contribution is 0.332. The highest BCUT2D eigenvalue weighted by atomic mass is 32.1. The smallest absolute Gasteiger partial charge is 0.333 e. The molecule has 0 bridgehead atoms. The molecule has 4 heterocycles. The van der Waals surface area contributed by atoms with E-state index < -0.39 is 5.41 Å². The third-order valence-corrected chi connectivity index (χ3v) is 20.3. The van der Waals surface area contributed by atoms with Crippen LogP contribution in [0.3, 0.4) is 0 Å². The lowest BCUT2D eigenvalue weighted by atomic mass is 9.42. The molecule has 75 heavy (non-hydrogen) atoms. The zero-order valence-electron chi connectivity index (χ0n) is 44.6. The molecule has 3 aliphatic heterocycles. The Kier molecular flexibility index (Phi) is 9.35. The lowest BCUT2D eigenvalue weighted by Crippen LogP contribution is -2.62. The molecule has 0 unspecified atom stereocenters. The summed E-state index contributed by atoms with van der Waals surface area (Å²) in [5.74, 6) is 0. The van der Waals surface area contributed by atoms with Crippen molar-refractivity contribution in [2.45, 2.75) is 108 Å². The highest BCUT2D eigenvalue weighted by Crippen LogP contribution is 2.61. The first kappa shape index (κ1) is 45.3. The maximum absolute atomic E-state index is 2.79. The molecule has 9 aromatic carbocycles. The molecule has 0 spiro atoms. The predicted molar refractivity (Wildman–Crippen MR) is 321 cm³/mol. The number of thiophene rings is 1. The van der Waals surface area contributed by atoms with Crippen LogP contribution in [-0.4, -0.2) is 6.85 Å². The molecule has 0 N–H and O–H groups in total. The second-order valence-electron chi connectivity index (χ2n) is 25.3. The van der Waals surface area contributed by atoms with E-state index in [-0.39, 0.29) is 28.5 Å². The molecule has 0 atom stereocenters. The summed E-state index contributed by atoms with van der Waals surface area (Å²) < 4.78 is 2.74. The molecule has 1 aromatic heterocycles. The van der Waals surface area contributed by atoms with Gasteiger partial charge in [0, 0.05) is 48.5 Å². The largest absolute Gasteiger partial charge is 0.376 e. The van der Waals surface area contributed by atoms with Crippen LogP contribution in [0.15, 0.2) is 188 Å². The summed E-state index contributed by atoms with van der Waals surface area (Å²) in [5, 5.41) is 2.75. The summed E-state index contributed by atoms with van der Waals surface area (Å²) in [6.45, 7) is 19.6. The summed E-state index contributed by atoms with van der Waals surface area (Å²) in [5.41, 5.74) is 25.0. The summed E-state index contributed by atoms with van der Waals surface area (Å²) in [7, 11) is 0. The Morgan fingerprint density at radius 3 is 1.64 bits per heavy atom. The Balaban J connectivity index is 1.10. The van der Waals surface area contributed by atoms with Crippen molar-refractivity contribution in [1.82, 2.24) is 0 Å². The van der Waals surface area contributed by atoms with Gasteiger partial charge in [0.25, 0.3) is 0 Å². The Labute approximate surface area is 447 Å². The zero-order chi connectivity index (χ0) is 51.0. The minimum atomic E-state index is -0.595. The molecule has 0 fully saturated rings. The van der Waals surface area contributed by atoms with Gasteiger partial charge >= 0.3 is 6.85 Å². The third-order valence-electron chi connectivity index (χ3n) is 19.2. The first-order chi connectivity index (χ1) is 36.2. The number of hydrogen-bond donors (Lipinski definition) is 0. The van der Waals surface area contributed by atoms with Crippen molar-refractivity contribution in [3.05, 3.63) is 233 Å². The monoisotopic (exact) mass is 986 g/mol. The van der Waals surface area contributed by atoms with E-state index in [1.165, 1.54) is 146 Å². The topological polar surface area (TPSA) is 6.48 Å². The molecule has 2 nitrogen and oxygen atoms in total. The van der Waals surface area contributed by atoms with Crippen molar-refractivity contribution >= 4 is 77.7 Å². The molecule has 4 heteroatoms. The minimum Gasteiger partial charge on any atom is -0.376 e. The van der Waals surface area contributed by atoms with Crippen molar-refractivity contribution in [1.29, 1.82) is 0 Å². The van der Waals surface area contributed by atoms with Crippen LogP contribution < -0.4 is 20.6 Å². The average Bonchev–Trinajstić information content (AvgIpc) is 3.80. The fourth-order valence-corrected chi connectivity index (χ4v) is 16.1. The highest BCUT2D eigenvalue weighted by molar-refractivity contribution is 7.25.